The summed E-state index contributed by atoms with van der Waals surface area (Å²) < 4.78 is 27.3. The Kier molecular flexibility index (Phi) is 26.0. The molecule has 9 atom stereocenters. The third-order valence-electron chi connectivity index (χ3n) is 15.7. The number of primary amides is 1. The number of ketones is 1. The van der Waals surface area contributed by atoms with Gasteiger partial charge in [-0.15, -0.1) is 6.92 Å². The van der Waals surface area contributed by atoms with Gasteiger partial charge in [-0.3, -0.25) is 9.59 Å². The quantitative estimate of drug-likeness (QED) is 0.0377. The zero-order chi connectivity index (χ0) is 51.4. The fraction of sp³-hybridized carbons (Fsp3) is 0.638. The summed E-state index contributed by atoms with van der Waals surface area (Å²) in [6.07, 6.45) is 22.7. The number of rotatable bonds is 22. The number of carbonyl (C=O) groups is 4. The molecule has 72 heavy (non-hydrogen) atoms. The minimum absolute atomic E-state index is 0. The second-order valence-corrected chi connectivity index (χ2v) is 21.0. The molecule has 7 rings (SSSR count). The molecule has 2 aliphatic heterocycles. The second kappa shape index (κ2) is 30.5. The minimum atomic E-state index is -1.26. The van der Waals surface area contributed by atoms with Gasteiger partial charge in [0.15, 0.2) is 6.29 Å². The van der Waals surface area contributed by atoms with Crippen LogP contribution in [0, 0.1) is 73.1 Å². The number of amides is 1. The Labute approximate surface area is 465 Å². The predicted molar refractivity (Wildman–Crippen MR) is 273 cm³/mol. The third kappa shape index (κ3) is 17.5. The first-order chi connectivity index (χ1) is 34.0. The van der Waals surface area contributed by atoms with Crippen LogP contribution in [0.4, 0.5) is 4.79 Å². The average molecular weight is 1210 g/mol. The van der Waals surface area contributed by atoms with E-state index in [1.807, 2.05) is 64.1 Å². The summed E-state index contributed by atoms with van der Waals surface area (Å²) >= 11 is 0. The normalized spacial score (nSPS) is 27.9. The van der Waals surface area contributed by atoms with E-state index in [-0.39, 0.29) is 112 Å². The second-order valence-electron chi connectivity index (χ2n) is 21.0. The van der Waals surface area contributed by atoms with Gasteiger partial charge < -0.3 is 49.5 Å². The van der Waals surface area contributed by atoms with Crippen LogP contribution in [0.1, 0.15) is 166 Å². The van der Waals surface area contributed by atoms with Crippen molar-refractivity contribution in [3.05, 3.63) is 102 Å². The van der Waals surface area contributed by atoms with E-state index in [2.05, 4.69) is 23.8 Å². The fourth-order valence-electron chi connectivity index (χ4n) is 10.9. The maximum atomic E-state index is 13.8. The molecule has 2 saturated heterocycles. The van der Waals surface area contributed by atoms with Gasteiger partial charge in [0.2, 0.25) is 5.91 Å². The number of aliphatic hydroxyl groups excluding tert-OH is 1. The maximum Gasteiger partial charge on any atom is 0.505 e. The van der Waals surface area contributed by atoms with Crippen molar-refractivity contribution in [2.24, 2.45) is 28.4 Å². The van der Waals surface area contributed by atoms with E-state index in [1.54, 1.807) is 30.7 Å². The molecular weight excluding hydrogens is 1130 g/mol. The number of benzene rings is 2. The van der Waals surface area contributed by atoms with Gasteiger partial charge in [0.25, 0.3) is 0 Å². The molecule has 1 radical (unpaired) electrons. The third-order valence-corrected chi connectivity index (χ3v) is 15.7. The van der Waals surface area contributed by atoms with E-state index < -0.39 is 34.8 Å². The monoisotopic (exact) mass is 1210 g/mol. The molecule has 397 valence electrons. The van der Waals surface area contributed by atoms with Crippen molar-refractivity contribution < 1.29 is 102 Å². The molecule has 1 amide bonds. The summed E-state index contributed by atoms with van der Waals surface area (Å²) in [6, 6.07) is 18.6. The van der Waals surface area contributed by atoms with Crippen molar-refractivity contribution in [1.29, 1.82) is 0 Å². The molecule has 2 aromatic carbocycles. The van der Waals surface area contributed by atoms with Gasteiger partial charge in [0, 0.05) is 80.2 Å². The zero-order valence-electron chi connectivity index (χ0n) is 43.8. The molecule has 2 bridgehead atoms. The van der Waals surface area contributed by atoms with E-state index in [0.29, 0.717) is 38.0 Å². The van der Waals surface area contributed by atoms with Crippen LogP contribution in [-0.4, -0.2) is 95.3 Å². The van der Waals surface area contributed by atoms with Gasteiger partial charge in [0.05, 0.1) is 42.9 Å². The standard InChI is InChI=1S/C29H37O6.C22H40O5.C7H7NO.Ac/c1-17-20-12-24(30)28(4)21(19-16-34-22(19)13-25(28)31)14-29(33,27(20,2)3)15-23(17)35-26(32)11-10-18-8-6-5-7-9-18;1-2-3-4-5-6-7-8-9-10-11-12-13-14-15-16-17-21-25-18-20(27-21)19-26-22(23)24;8-7(9)6-4-2-1-3-5-6;/h5-9,12,19,21-23,25,31,33H,10-11,13-16H2,1-4H3;9-10,20-21H,2-8,11-19H2,1H3,(H,23,24);1-5H,(H2,8,9);/q-1;;;/b;10-9-;;/t19?,21?,22?,23-,25?,28?,29?;;;/m0.../s1. The topological polar surface area (TPSA) is 201 Å². The van der Waals surface area contributed by atoms with Crippen LogP contribution in [0.2, 0.25) is 0 Å². The molecule has 2 saturated carbocycles. The number of hydrogen-bond acceptors (Lipinski definition) is 11. The van der Waals surface area contributed by atoms with E-state index >= 15 is 0 Å². The van der Waals surface area contributed by atoms with Gasteiger partial charge in [-0.05, 0) is 80.4 Å². The number of carbonyl (C=O) groups excluding carboxylic acids is 3. The van der Waals surface area contributed by atoms with Crippen molar-refractivity contribution in [2.75, 3.05) is 19.8 Å². The first-order valence-corrected chi connectivity index (χ1v) is 26.5. The zero-order valence-corrected chi connectivity index (χ0v) is 48.5. The fourth-order valence-corrected chi connectivity index (χ4v) is 10.9. The Morgan fingerprint density at radius 1 is 0.847 bits per heavy atom. The number of esters is 1. The maximum absolute atomic E-state index is 13.8. The summed E-state index contributed by atoms with van der Waals surface area (Å²) in [4.78, 5) is 47.3. The van der Waals surface area contributed by atoms with Crippen LogP contribution < -0.4 is 5.73 Å². The van der Waals surface area contributed by atoms with Crippen molar-refractivity contribution >= 4 is 23.8 Å². The average Bonchev–Trinajstić information content (AvgIpc) is 3.81. The Morgan fingerprint density at radius 3 is 2.04 bits per heavy atom. The summed E-state index contributed by atoms with van der Waals surface area (Å²) in [5.74, 6) is -0.890. The molecule has 5 aliphatic rings. The molecule has 0 spiro atoms. The van der Waals surface area contributed by atoms with Gasteiger partial charge in [0.1, 0.15) is 12.7 Å². The van der Waals surface area contributed by atoms with E-state index in [4.69, 9.17) is 29.8 Å². The van der Waals surface area contributed by atoms with Crippen LogP contribution in [0.3, 0.4) is 0 Å². The predicted octanol–water partition coefficient (Wildman–Crippen LogP) is 10.8. The Bertz CT molecular complexity index is 2050. The molecule has 8 unspecified atom stereocenters. The van der Waals surface area contributed by atoms with Crippen molar-refractivity contribution in [3.63, 3.8) is 0 Å². The Hall–Kier alpha value is -3.09. The minimum Gasteiger partial charge on any atom is -0.476 e. The Morgan fingerprint density at radius 2 is 1.46 bits per heavy atom. The summed E-state index contributed by atoms with van der Waals surface area (Å²) in [6.45, 7) is 11.0. The number of aryl methyl sites for hydroxylation is 1. The molecule has 2 heterocycles. The summed E-state index contributed by atoms with van der Waals surface area (Å²) in [5.41, 5.74) is 5.24. The van der Waals surface area contributed by atoms with Gasteiger partial charge in [-0.25, -0.2) is 4.79 Å². The van der Waals surface area contributed by atoms with Crippen molar-refractivity contribution in [2.45, 2.75) is 193 Å². The number of Topliss-reactive ketones (excluding diaryl/α,β-unsaturated/α-hetero) is 1. The number of hydrogen-bond donors (Lipinski definition) is 4. The molecule has 2 aromatic rings. The molecular formula is C58H84AcNO12-. The SMILES string of the molecule is CC1=C2[CH-]C(=O)C3(C)C(O)CC4OCC4C3CC(O)(C[C@@H]1OC(=O)CCc1ccccc1)C2(C)C.CCCCCCCC/C=C\CCCCCCCC1OCC(COC(=O)O)O1.NC(=O)c1ccccc1.[Ac]. The number of nitrogens with two attached hydrogens (primary N) is 1. The summed E-state index contributed by atoms with van der Waals surface area (Å²) in [7, 11) is 0. The molecule has 14 heteroatoms. The van der Waals surface area contributed by atoms with Crippen molar-refractivity contribution in [3.8, 4) is 0 Å². The number of carboxylic acid groups (broad SMARTS) is 1. The van der Waals surface area contributed by atoms with Gasteiger partial charge in [-0.2, -0.15) is 17.6 Å². The first kappa shape index (κ1) is 61.5. The van der Waals surface area contributed by atoms with Crippen LogP contribution in [-0.2, 0) is 39.7 Å². The molecule has 0 aromatic heterocycles. The van der Waals surface area contributed by atoms with Crippen LogP contribution in [0.15, 0.2) is 84.0 Å². The smallest absolute Gasteiger partial charge is 0.476 e. The Balaban J connectivity index is 0.000000270. The van der Waals surface area contributed by atoms with Crippen LogP contribution in [0.5, 0.6) is 0 Å². The van der Waals surface area contributed by atoms with Gasteiger partial charge >= 0.3 is 12.1 Å². The first-order valence-electron chi connectivity index (χ1n) is 26.5. The van der Waals surface area contributed by atoms with Gasteiger partial charge in [-0.1, -0.05) is 140 Å². The largest absolute Gasteiger partial charge is 0.505 e. The van der Waals surface area contributed by atoms with Crippen LogP contribution in [0.25, 0.3) is 0 Å². The summed E-state index contributed by atoms with van der Waals surface area (Å²) in [5, 5.41) is 31.7. The van der Waals surface area contributed by atoms with E-state index in [9.17, 15) is 29.4 Å². The number of allylic oxidation sites excluding steroid dienone is 2. The van der Waals surface area contributed by atoms with E-state index in [1.165, 1.54) is 77.0 Å². The molecule has 5 N–H and O–H groups in total. The van der Waals surface area contributed by atoms with Crippen LogP contribution >= 0.6 is 0 Å². The molecule has 13 nitrogen and oxygen atoms in total. The van der Waals surface area contributed by atoms with E-state index in [0.717, 1.165) is 29.6 Å². The number of aliphatic hydroxyl groups is 2. The van der Waals surface area contributed by atoms with Crippen molar-refractivity contribution in [1.82, 2.24) is 0 Å². The number of ether oxygens (including phenoxy) is 5. The number of unbranched alkanes of at least 4 members (excludes halogenated alkanes) is 11. The molecule has 4 fully saturated rings. The number of fused-ring (bicyclic) bond motifs is 5. The molecule has 3 aliphatic carbocycles.